The maximum absolute atomic E-state index is 13.2. The highest BCUT2D eigenvalue weighted by molar-refractivity contribution is 5.89. The number of hydrogen-bond acceptors (Lipinski definition) is 6. The Hall–Kier alpha value is -3.55. The summed E-state index contributed by atoms with van der Waals surface area (Å²) in [5.74, 6) is -0.108. The molecule has 0 saturated carbocycles. The Labute approximate surface area is 200 Å². The van der Waals surface area contributed by atoms with Crippen molar-refractivity contribution < 1.29 is 28.6 Å². The van der Waals surface area contributed by atoms with Crippen LogP contribution < -0.4 is 4.74 Å². The van der Waals surface area contributed by atoms with Gasteiger partial charge in [0.1, 0.15) is 30.5 Å². The molecule has 1 aliphatic heterocycles. The minimum absolute atomic E-state index is 0.153. The van der Waals surface area contributed by atoms with Crippen LogP contribution in [0.1, 0.15) is 31.9 Å². The molecule has 182 valence electrons. The van der Waals surface area contributed by atoms with Gasteiger partial charge in [0.15, 0.2) is 0 Å². The zero-order valence-corrected chi connectivity index (χ0v) is 20.2. The number of ether oxygens (including phenoxy) is 3. The van der Waals surface area contributed by atoms with E-state index in [1.54, 1.807) is 20.8 Å². The molecule has 3 rings (SSSR count). The van der Waals surface area contributed by atoms with Crippen molar-refractivity contribution in [3.8, 4) is 5.75 Å². The van der Waals surface area contributed by atoms with Crippen molar-refractivity contribution in [1.82, 2.24) is 9.80 Å². The molecule has 2 aromatic carbocycles. The van der Waals surface area contributed by atoms with Gasteiger partial charge in [-0.1, -0.05) is 42.5 Å². The van der Waals surface area contributed by atoms with Gasteiger partial charge < -0.3 is 19.1 Å². The predicted octanol–water partition coefficient (Wildman–Crippen LogP) is 3.43. The molecule has 0 bridgehead atoms. The Morgan fingerprint density at radius 2 is 1.65 bits per heavy atom. The molecule has 0 spiro atoms. The van der Waals surface area contributed by atoms with Crippen LogP contribution >= 0.6 is 0 Å². The number of nitrogens with zero attached hydrogens (tertiary/aromatic N) is 2. The molecule has 1 fully saturated rings. The molecule has 0 N–H and O–H groups in total. The second kappa shape index (κ2) is 11.0. The van der Waals surface area contributed by atoms with E-state index in [4.69, 9.17) is 14.2 Å². The van der Waals surface area contributed by atoms with Gasteiger partial charge in [-0.25, -0.2) is 4.79 Å². The van der Waals surface area contributed by atoms with Crippen molar-refractivity contribution in [2.45, 2.75) is 45.4 Å². The van der Waals surface area contributed by atoms with Crippen LogP contribution in [0, 0.1) is 0 Å². The fourth-order valence-electron chi connectivity index (χ4n) is 3.64. The first kappa shape index (κ1) is 25.1. The minimum Gasteiger partial charge on any atom is -0.489 e. The van der Waals surface area contributed by atoms with Crippen molar-refractivity contribution >= 4 is 18.0 Å². The Morgan fingerprint density at radius 1 is 0.971 bits per heavy atom. The predicted molar refractivity (Wildman–Crippen MR) is 126 cm³/mol. The fourth-order valence-corrected chi connectivity index (χ4v) is 3.64. The molecule has 0 aromatic heterocycles. The number of carbonyl (C=O) groups excluding carboxylic acids is 3. The molecule has 0 radical (unpaired) electrons. The number of methoxy groups -OCH3 is 1. The lowest BCUT2D eigenvalue weighted by molar-refractivity contribution is -0.151. The lowest BCUT2D eigenvalue weighted by Gasteiger charge is -2.40. The van der Waals surface area contributed by atoms with Crippen molar-refractivity contribution in [2.75, 3.05) is 26.7 Å². The fraction of sp³-hybridized carbons (Fsp3) is 0.423. The summed E-state index contributed by atoms with van der Waals surface area (Å²) < 4.78 is 16.1. The summed E-state index contributed by atoms with van der Waals surface area (Å²) in [6.45, 7) is 6.14. The van der Waals surface area contributed by atoms with E-state index in [9.17, 15) is 14.4 Å². The molecule has 1 saturated heterocycles. The van der Waals surface area contributed by atoms with Crippen molar-refractivity contribution in [3.05, 3.63) is 65.7 Å². The highest BCUT2D eigenvalue weighted by Gasteiger charge is 2.40. The van der Waals surface area contributed by atoms with E-state index in [0.717, 1.165) is 11.1 Å². The first-order valence-electron chi connectivity index (χ1n) is 11.3. The first-order chi connectivity index (χ1) is 16.2. The largest absolute Gasteiger partial charge is 0.489 e. The third kappa shape index (κ3) is 6.97. The van der Waals surface area contributed by atoms with Gasteiger partial charge in [0, 0.05) is 19.5 Å². The van der Waals surface area contributed by atoms with Gasteiger partial charge in [-0.2, -0.15) is 0 Å². The van der Waals surface area contributed by atoms with Crippen LogP contribution in [-0.4, -0.2) is 66.2 Å². The molecule has 2 aromatic rings. The maximum Gasteiger partial charge on any atom is 0.411 e. The highest BCUT2D eigenvalue weighted by Crippen LogP contribution is 2.22. The van der Waals surface area contributed by atoms with E-state index in [-0.39, 0.29) is 32.0 Å². The number of hydrogen-bond donors (Lipinski definition) is 0. The van der Waals surface area contributed by atoms with Gasteiger partial charge in [0.05, 0.1) is 7.11 Å². The Kier molecular flexibility index (Phi) is 8.15. The van der Waals surface area contributed by atoms with E-state index >= 15 is 0 Å². The number of carbonyl (C=O) groups is 3. The zero-order valence-electron chi connectivity index (χ0n) is 20.2. The van der Waals surface area contributed by atoms with E-state index in [0.29, 0.717) is 12.4 Å². The van der Waals surface area contributed by atoms with E-state index in [1.165, 1.54) is 16.9 Å². The van der Waals surface area contributed by atoms with Crippen LogP contribution in [-0.2, 0) is 32.1 Å². The summed E-state index contributed by atoms with van der Waals surface area (Å²) in [5, 5.41) is 0. The molecule has 1 heterocycles. The lowest BCUT2D eigenvalue weighted by Crippen LogP contribution is -2.60. The van der Waals surface area contributed by atoms with Crippen LogP contribution in [0.15, 0.2) is 54.6 Å². The van der Waals surface area contributed by atoms with Crippen LogP contribution in [0.5, 0.6) is 5.75 Å². The lowest BCUT2D eigenvalue weighted by atomic mass is 10.0. The normalized spacial score (nSPS) is 16.2. The third-order valence-corrected chi connectivity index (χ3v) is 5.36. The minimum atomic E-state index is -0.788. The SMILES string of the molecule is COC(=O)CN1CCN(C(=O)OC(C)(C)C)C(Cc2ccc(OCc3ccccc3)cc2)C1=O. The Bertz CT molecular complexity index is 985. The molecule has 1 unspecified atom stereocenters. The zero-order chi connectivity index (χ0) is 24.7. The monoisotopic (exact) mass is 468 g/mol. The number of rotatable bonds is 7. The average molecular weight is 469 g/mol. The quantitative estimate of drug-likeness (QED) is 0.579. The molecule has 8 heteroatoms. The number of benzene rings is 2. The summed E-state index contributed by atoms with van der Waals surface area (Å²) in [7, 11) is 1.28. The van der Waals surface area contributed by atoms with Gasteiger partial charge >= 0.3 is 12.1 Å². The number of amides is 2. The van der Waals surface area contributed by atoms with Crippen LogP contribution in [0.4, 0.5) is 4.79 Å². The molecule has 34 heavy (non-hydrogen) atoms. The molecule has 8 nitrogen and oxygen atoms in total. The van der Waals surface area contributed by atoms with Crippen LogP contribution in [0.3, 0.4) is 0 Å². The first-order valence-corrected chi connectivity index (χ1v) is 11.3. The van der Waals surface area contributed by atoms with Gasteiger partial charge in [0.25, 0.3) is 0 Å². The summed E-state index contributed by atoms with van der Waals surface area (Å²) in [4.78, 5) is 40.7. The highest BCUT2D eigenvalue weighted by atomic mass is 16.6. The Balaban J connectivity index is 1.72. The van der Waals surface area contributed by atoms with Crippen molar-refractivity contribution in [2.24, 2.45) is 0 Å². The van der Waals surface area contributed by atoms with Gasteiger partial charge in [0.2, 0.25) is 5.91 Å². The standard InChI is InChI=1S/C26H32N2O6/c1-26(2,3)34-25(31)28-15-14-27(17-23(29)32-4)24(30)22(28)16-19-10-12-21(13-11-19)33-18-20-8-6-5-7-9-20/h5-13,22H,14-18H2,1-4H3. The topological polar surface area (TPSA) is 85.4 Å². The van der Waals surface area contributed by atoms with Gasteiger partial charge in [-0.05, 0) is 44.0 Å². The van der Waals surface area contributed by atoms with Gasteiger partial charge in [-0.3, -0.25) is 14.5 Å². The van der Waals surface area contributed by atoms with E-state index in [2.05, 4.69) is 0 Å². The smallest absolute Gasteiger partial charge is 0.411 e. The molecule has 0 aliphatic carbocycles. The van der Waals surface area contributed by atoms with E-state index < -0.39 is 23.7 Å². The van der Waals surface area contributed by atoms with Crippen molar-refractivity contribution in [3.63, 3.8) is 0 Å². The molecular weight excluding hydrogens is 436 g/mol. The number of piperazine rings is 1. The second-order valence-electron chi connectivity index (χ2n) is 9.15. The van der Waals surface area contributed by atoms with Gasteiger partial charge in [-0.15, -0.1) is 0 Å². The third-order valence-electron chi connectivity index (χ3n) is 5.36. The van der Waals surface area contributed by atoms with E-state index in [1.807, 2.05) is 54.6 Å². The molecule has 1 aliphatic rings. The van der Waals surface area contributed by atoms with Crippen LogP contribution in [0.25, 0.3) is 0 Å². The second-order valence-corrected chi connectivity index (χ2v) is 9.15. The summed E-state index contributed by atoms with van der Waals surface area (Å²) in [5.41, 5.74) is 1.24. The van der Waals surface area contributed by atoms with Crippen molar-refractivity contribution in [1.29, 1.82) is 0 Å². The Morgan fingerprint density at radius 3 is 2.26 bits per heavy atom. The summed E-state index contributed by atoms with van der Waals surface area (Å²) in [6.07, 6.45) is -0.263. The summed E-state index contributed by atoms with van der Waals surface area (Å²) in [6, 6.07) is 16.5. The molecule has 1 atom stereocenters. The molecular formula is C26H32N2O6. The average Bonchev–Trinajstić information content (AvgIpc) is 2.80. The molecule has 2 amide bonds. The number of esters is 1. The maximum atomic E-state index is 13.2. The van der Waals surface area contributed by atoms with Crippen LogP contribution in [0.2, 0.25) is 0 Å². The summed E-state index contributed by atoms with van der Waals surface area (Å²) >= 11 is 0.